The standard InChI is InChI=1S/C16H20N4O3/c1-11(20-9-8-19-7-6-17-16(19)20)15(21)18-13-5-4-12(22-2)10-14(13)23-3/h4-7,10-11H,8-9H2,1-3H3,(H,18,21). The van der Waals surface area contributed by atoms with Crippen molar-refractivity contribution in [2.24, 2.45) is 0 Å². The van der Waals surface area contributed by atoms with E-state index in [0.29, 0.717) is 17.2 Å². The van der Waals surface area contributed by atoms with Crippen molar-refractivity contribution in [1.82, 2.24) is 9.55 Å². The maximum atomic E-state index is 12.6. The minimum Gasteiger partial charge on any atom is -0.497 e. The Morgan fingerprint density at radius 2 is 2.13 bits per heavy atom. The molecule has 23 heavy (non-hydrogen) atoms. The molecule has 0 fully saturated rings. The number of imidazole rings is 1. The van der Waals surface area contributed by atoms with E-state index in [9.17, 15) is 4.79 Å². The van der Waals surface area contributed by atoms with E-state index in [1.54, 1.807) is 38.6 Å². The lowest BCUT2D eigenvalue weighted by Gasteiger charge is -2.24. The van der Waals surface area contributed by atoms with E-state index in [1.165, 1.54) is 0 Å². The van der Waals surface area contributed by atoms with Crippen LogP contribution in [-0.2, 0) is 11.3 Å². The number of fused-ring (bicyclic) bond motifs is 1. The second-order valence-corrected chi connectivity index (χ2v) is 5.35. The average molecular weight is 316 g/mol. The number of amides is 1. The van der Waals surface area contributed by atoms with Gasteiger partial charge >= 0.3 is 0 Å². The topological polar surface area (TPSA) is 68.6 Å². The molecule has 1 aromatic heterocycles. The number of anilines is 2. The first-order valence-corrected chi connectivity index (χ1v) is 7.44. The number of aromatic nitrogens is 2. The van der Waals surface area contributed by atoms with Crippen LogP contribution in [-0.4, -0.2) is 42.3 Å². The molecule has 1 unspecified atom stereocenters. The number of hydrogen-bond acceptors (Lipinski definition) is 5. The first-order chi connectivity index (χ1) is 11.1. The Morgan fingerprint density at radius 3 is 2.87 bits per heavy atom. The smallest absolute Gasteiger partial charge is 0.247 e. The summed E-state index contributed by atoms with van der Waals surface area (Å²) in [4.78, 5) is 18.9. The lowest BCUT2D eigenvalue weighted by Crippen LogP contribution is -2.41. The number of carbonyl (C=O) groups is 1. The van der Waals surface area contributed by atoms with Gasteiger partial charge in [0, 0.05) is 31.5 Å². The van der Waals surface area contributed by atoms with Gasteiger partial charge in [0.2, 0.25) is 11.9 Å². The Bertz CT molecular complexity index is 713. The molecule has 1 N–H and O–H groups in total. The van der Waals surface area contributed by atoms with Gasteiger partial charge in [-0.05, 0) is 19.1 Å². The highest BCUT2D eigenvalue weighted by Gasteiger charge is 2.29. The van der Waals surface area contributed by atoms with Crippen molar-refractivity contribution in [3.05, 3.63) is 30.6 Å². The van der Waals surface area contributed by atoms with Crippen molar-refractivity contribution >= 4 is 17.5 Å². The summed E-state index contributed by atoms with van der Waals surface area (Å²) in [6, 6.07) is 4.96. The molecule has 0 bridgehead atoms. The summed E-state index contributed by atoms with van der Waals surface area (Å²) in [6.45, 7) is 3.49. The molecule has 0 saturated heterocycles. The Hall–Kier alpha value is -2.70. The molecule has 2 aromatic rings. The molecule has 0 spiro atoms. The summed E-state index contributed by atoms with van der Waals surface area (Å²) >= 11 is 0. The van der Waals surface area contributed by atoms with Crippen LogP contribution in [0, 0.1) is 0 Å². The Morgan fingerprint density at radius 1 is 1.30 bits per heavy atom. The largest absolute Gasteiger partial charge is 0.497 e. The van der Waals surface area contributed by atoms with Crippen molar-refractivity contribution in [1.29, 1.82) is 0 Å². The first-order valence-electron chi connectivity index (χ1n) is 7.44. The SMILES string of the molecule is COc1ccc(NC(=O)C(C)N2CCn3ccnc32)c(OC)c1. The van der Waals surface area contributed by atoms with Crippen LogP contribution in [0.5, 0.6) is 11.5 Å². The fraction of sp³-hybridized carbons (Fsp3) is 0.375. The van der Waals surface area contributed by atoms with E-state index in [-0.39, 0.29) is 11.9 Å². The number of methoxy groups -OCH3 is 2. The quantitative estimate of drug-likeness (QED) is 0.910. The number of nitrogens with one attached hydrogen (secondary N) is 1. The third-order valence-corrected chi connectivity index (χ3v) is 4.05. The van der Waals surface area contributed by atoms with Crippen LogP contribution in [0.3, 0.4) is 0 Å². The van der Waals surface area contributed by atoms with Gasteiger partial charge in [0.1, 0.15) is 17.5 Å². The van der Waals surface area contributed by atoms with E-state index in [0.717, 1.165) is 19.0 Å². The van der Waals surface area contributed by atoms with Gasteiger partial charge in [0.05, 0.1) is 19.9 Å². The van der Waals surface area contributed by atoms with Crippen molar-refractivity contribution in [3.8, 4) is 11.5 Å². The van der Waals surface area contributed by atoms with Crippen molar-refractivity contribution in [2.75, 3.05) is 31.0 Å². The molecule has 7 nitrogen and oxygen atoms in total. The molecule has 2 heterocycles. The predicted molar refractivity (Wildman–Crippen MR) is 87.2 cm³/mol. The molecule has 0 saturated carbocycles. The second kappa shape index (κ2) is 6.20. The number of ether oxygens (including phenoxy) is 2. The lowest BCUT2D eigenvalue weighted by molar-refractivity contribution is -0.117. The van der Waals surface area contributed by atoms with E-state index in [1.807, 2.05) is 22.6 Å². The molecule has 1 atom stereocenters. The minimum absolute atomic E-state index is 0.107. The Labute approximate surface area is 134 Å². The van der Waals surface area contributed by atoms with Crippen molar-refractivity contribution in [3.63, 3.8) is 0 Å². The average Bonchev–Trinajstić information content (AvgIpc) is 3.17. The maximum absolute atomic E-state index is 12.6. The fourth-order valence-corrected chi connectivity index (χ4v) is 2.70. The Kier molecular flexibility index (Phi) is 4.10. The van der Waals surface area contributed by atoms with Gasteiger partial charge in [-0.15, -0.1) is 0 Å². The van der Waals surface area contributed by atoms with Gasteiger partial charge in [-0.1, -0.05) is 0 Å². The molecular formula is C16H20N4O3. The zero-order chi connectivity index (χ0) is 16.4. The number of hydrogen-bond donors (Lipinski definition) is 1. The van der Waals surface area contributed by atoms with Crippen LogP contribution in [0.25, 0.3) is 0 Å². The zero-order valence-corrected chi connectivity index (χ0v) is 13.4. The summed E-state index contributed by atoms with van der Waals surface area (Å²) in [5, 5.41) is 2.91. The van der Waals surface area contributed by atoms with Gasteiger partial charge < -0.3 is 24.3 Å². The molecule has 0 aliphatic carbocycles. The van der Waals surface area contributed by atoms with Crippen LogP contribution < -0.4 is 19.7 Å². The lowest BCUT2D eigenvalue weighted by atomic mass is 10.2. The molecule has 1 aliphatic heterocycles. The molecule has 3 rings (SSSR count). The van der Waals surface area contributed by atoms with Gasteiger partial charge in [-0.25, -0.2) is 4.98 Å². The summed E-state index contributed by atoms with van der Waals surface area (Å²) in [6.07, 6.45) is 3.67. The Balaban J connectivity index is 1.74. The van der Waals surface area contributed by atoms with Crippen molar-refractivity contribution in [2.45, 2.75) is 19.5 Å². The molecule has 1 amide bonds. The van der Waals surface area contributed by atoms with Gasteiger partial charge in [0.25, 0.3) is 0 Å². The number of nitrogens with zero attached hydrogens (tertiary/aromatic N) is 3. The van der Waals surface area contributed by atoms with Crippen LogP contribution in [0.2, 0.25) is 0 Å². The normalized spacial score (nSPS) is 14.3. The molecule has 122 valence electrons. The predicted octanol–water partition coefficient (Wildman–Crippen LogP) is 1.75. The minimum atomic E-state index is -0.328. The van der Waals surface area contributed by atoms with Crippen LogP contribution in [0.4, 0.5) is 11.6 Å². The highest BCUT2D eigenvalue weighted by molar-refractivity contribution is 5.97. The monoisotopic (exact) mass is 316 g/mol. The second-order valence-electron chi connectivity index (χ2n) is 5.35. The summed E-state index contributed by atoms with van der Waals surface area (Å²) in [7, 11) is 3.15. The van der Waals surface area contributed by atoms with E-state index in [2.05, 4.69) is 10.3 Å². The molecule has 7 heteroatoms. The molecule has 1 aromatic carbocycles. The van der Waals surface area contributed by atoms with Gasteiger partial charge in [-0.2, -0.15) is 0 Å². The summed E-state index contributed by atoms with van der Waals surface area (Å²) < 4.78 is 12.5. The highest BCUT2D eigenvalue weighted by atomic mass is 16.5. The molecule has 0 radical (unpaired) electrons. The van der Waals surface area contributed by atoms with Gasteiger partial charge in [-0.3, -0.25) is 4.79 Å². The van der Waals surface area contributed by atoms with Crippen LogP contribution >= 0.6 is 0 Å². The molecular weight excluding hydrogens is 296 g/mol. The summed E-state index contributed by atoms with van der Waals surface area (Å²) in [5.74, 6) is 1.96. The first kappa shape index (κ1) is 15.2. The van der Waals surface area contributed by atoms with E-state index in [4.69, 9.17) is 9.47 Å². The van der Waals surface area contributed by atoms with E-state index >= 15 is 0 Å². The fourth-order valence-electron chi connectivity index (χ4n) is 2.70. The number of benzene rings is 1. The third-order valence-electron chi connectivity index (χ3n) is 4.05. The third kappa shape index (κ3) is 2.81. The van der Waals surface area contributed by atoms with Crippen LogP contribution in [0.1, 0.15) is 6.92 Å². The molecule has 1 aliphatic rings. The summed E-state index contributed by atoms with van der Waals surface area (Å²) in [5.41, 5.74) is 0.618. The van der Waals surface area contributed by atoms with E-state index < -0.39 is 0 Å². The zero-order valence-electron chi connectivity index (χ0n) is 13.4. The van der Waals surface area contributed by atoms with Crippen molar-refractivity contribution < 1.29 is 14.3 Å². The number of rotatable bonds is 5. The maximum Gasteiger partial charge on any atom is 0.247 e. The van der Waals surface area contributed by atoms with Crippen LogP contribution in [0.15, 0.2) is 30.6 Å². The highest BCUT2D eigenvalue weighted by Crippen LogP contribution is 2.29. The van der Waals surface area contributed by atoms with Gasteiger partial charge in [0.15, 0.2) is 0 Å². The number of carbonyl (C=O) groups excluding carboxylic acids is 1.